The molecule has 7 heteroatoms. The van der Waals surface area contributed by atoms with E-state index in [-0.39, 0.29) is 11.4 Å². The molecule has 0 spiro atoms. The second-order valence-electron chi connectivity index (χ2n) is 5.11. The number of nitrogens with zero attached hydrogens (tertiary/aromatic N) is 2. The molecule has 2 rings (SSSR count). The molecule has 6 nitrogen and oxygen atoms in total. The minimum Gasteiger partial charge on any atom is -0.480 e. The van der Waals surface area contributed by atoms with Crippen molar-refractivity contribution < 1.29 is 19.1 Å². The summed E-state index contributed by atoms with van der Waals surface area (Å²) in [5, 5.41) is 9.19. The van der Waals surface area contributed by atoms with E-state index in [4.69, 9.17) is 4.42 Å². The zero-order chi connectivity index (χ0) is 15.6. The molecule has 1 aliphatic rings. The third-order valence-electron chi connectivity index (χ3n) is 3.46. The SMILES string of the molecule is CCC1SCC(C(=O)O)N1C(=O)N(C)Cc1ccc(C)o1. The highest BCUT2D eigenvalue weighted by molar-refractivity contribution is 8.00. The summed E-state index contributed by atoms with van der Waals surface area (Å²) >= 11 is 1.52. The van der Waals surface area contributed by atoms with Crippen molar-refractivity contribution in [3.05, 3.63) is 23.7 Å². The van der Waals surface area contributed by atoms with Crippen molar-refractivity contribution in [3.8, 4) is 0 Å². The molecule has 2 heterocycles. The topological polar surface area (TPSA) is 74.0 Å². The number of aliphatic carboxylic acids is 1. The van der Waals surface area contributed by atoms with Crippen LogP contribution in [0, 0.1) is 6.92 Å². The van der Waals surface area contributed by atoms with Gasteiger partial charge in [0.1, 0.15) is 17.6 Å². The number of carbonyl (C=O) groups excluding carboxylic acids is 1. The van der Waals surface area contributed by atoms with Crippen LogP contribution >= 0.6 is 11.8 Å². The van der Waals surface area contributed by atoms with Gasteiger partial charge in [-0.25, -0.2) is 9.59 Å². The van der Waals surface area contributed by atoms with Crippen LogP contribution < -0.4 is 0 Å². The van der Waals surface area contributed by atoms with Crippen LogP contribution in [0.2, 0.25) is 0 Å². The van der Waals surface area contributed by atoms with Crippen molar-refractivity contribution in [2.75, 3.05) is 12.8 Å². The first-order valence-electron chi connectivity index (χ1n) is 6.87. The van der Waals surface area contributed by atoms with Crippen LogP contribution in [0.4, 0.5) is 4.79 Å². The number of thioether (sulfide) groups is 1. The number of aryl methyl sites for hydroxylation is 1. The molecule has 2 amide bonds. The van der Waals surface area contributed by atoms with Gasteiger partial charge in [0, 0.05) is 12.8 Å². The first-order valence-corrected chi connectivity index (χ1v) is 7.92. The van der Waals surface area contributed by atoms with Crippen LogP contribution in [0.25, 0.3) is 0 Å². The predicted octanol–water partition coefficient (Wildman–Crippen LogP) is 2.38. The van der Waals surface area contributed by atoms with E-state index in [1.807, 2.05) is 26.0 Å². The van der Waals surface area contributed by atoms with Crippen molar-refractivity contribution in [3.63, 3.8) is 0 Å². The molecule has 1 aliphatic heterocycles. The lowest BCUT2D eigenvalue weighted by molar-refractivity contribution is -0.141. The molecule has 21 heavy (non-hydrogen) atoms. The van der Waals surface area contributed by atoms with Gasteiger partial charge in [0.25, 0.3) is 0 Å². The first-order chi connectivity index (χ1) is 9.93. The van der Waals surface area contributed by atoms with Crippen molar-refractivity contribution in [2.24, 2.45) is 0 Å². The molecule has 0 radical (unpaired) electrons. The van der Waals surface area contributed by atoms with Gasteiger partial charge in [0.15, 0.2) is 0 Å². The zero-order valence-corrected chi connectivity index (χ0v) is 13.2. The number of hydrogen-bond donors (Lipinski definition) is 1. The molecular formula is C14H20N2O4S. The number of furan rings is 1. The quantitative estimate of drug-likeness (QED) is 0.924. The first kappa shape index (κ1) is 15.8. The summed E-state index contributed by atoms with van der Waals surface area (Å²) in [4.78, 5) is 26.9. The van der Waals surface area contributed by atoms with Crippen molar-refractivity contribution in [1.82, 2.24) is 9.80 Å². The van der Waals surface area contributed by atoms with E-state index in [2.05, 4.69) is 0 Å². The molecule has 2 unspecified atom stereocenters. The average molecular weight is 312 g/mol. The van der Waals surface area contributed by atoms with Crippen molar-refractivity contribution in [1.29, 1.82) is 0 Å². The van der Waals surface area contributed by atoms with Gasteiger partial charge in [0.2, 0.25) is 0 Å². The Kier molecular flexibility index (Phi) is 4.82. The van der Waals surface area contributed by atoms with Crippen molar-refractivity contribution in [2.45, 2.75) is 38.2 Å². The number of carboxylic acids is 1. The van der Waals surface area contributed by atoms with Gasteiger partial charge in [-0.2, -0.15) is 0 Å². The number of hydrogen-bond acceptors (Lipinski definition) is 4. The third-order valence-corrected chi connectivity index (χ3v) is 4.92. The minimum absolute atomic E-state index is 0.0839. The molecule has 0 bridgehead atoms. The van der Waals surface area contributed by atoms with Gasteiger partial charge in [0.05, 0.1) is 11.9 Å². The van der Waals surface area contributed by atoms with Gasteiger partial charge >= 0.3 is 12.0 Å². The van der Waals surface area contributed by atoms with E-state index in [0.29, 0.717) is 18.1 Å². The predicted molar refractivity (Wildman–Crippen MR) is 80.1 cm³/mol. The molecule has 1 fully saturated rings. The molecular weight excluding hydrogens is 292 g/mol. The summed E-state index contributed by atoms with van der Waals surface area (Å²) in [5.74, 6) is 0.967. The second kappa shape index (κ2) is 6.43. The molecule has 1 aromatic heterocycles. The number of amides is 2. The average Bonchev–Trinajstić information content (AvgIpc) is 3.03. The molecule has 0 aliphatic carbocycles. The van der Waals surface area contributed by atoms with Crippen LogP contribution in [-0.2, 0) is 11.3 Å². The van der Waals surface area contributed by atoms with E-state index in [9.17, 15) is 14.7 Å². The van der Waals surface area contributed by atoms with E-state index in [1.54, 1.807) is 7.05 Å². The van der Waals surface area contributed by atoms with Crippen LogP contribution in [-0.4, -0.2) is 51.1 Å². The highest BCUT2D eigenvalue weighted by Crippen LogP contribution is 2.32. The molecule has 116 valence electrons. The maximum Gasteiger partial charge on any atom is 0.327 e. The fourth-order valence-electron chi connectivity index (χ4n) is 2.39. The lowest BCUT2D eigenvalue weighted by atomic mass is 10.2. The maximum absolute atomic E-state index is 12.6. The summed E-state index contributed by atoms with van der Waals surface area (Å²) in [6, 6.07) is 2.64. The number of urea groups is 1. The summed E-state index contributed by atoms with van der Waals surface area (Å²) in [7, 11) is 1.66. The third kappa shape index (κ3) is 3.34. The highest BCUT2D eigenvalue weighted by atomic mass is 32.2. The molecule has 2 atom stereocenters. The van der Waals surface area contributed by atoms with Crippen LogP contribution in [0.3, 0.4) is 0 Å². The van der Waals surface area contributed by atoms with Gasteiger partial charge < -0.3 is 14.4 Å². The van der Waals surface area contributed by atoms with Crippen LogP contribution in [0.1, 0.15) is 24.9 Å². The van der Waals surface area contributed by atoms with Gasteiger partial charge in [-0.15, -0.1) is 11.8 Å². The Morgan fingerprint density at radius 2 is 2.24 bits per heavy atom. The van der Waals surface area contributed by atoms with Gasteiger partial charge in [-0.3, -0.25) is 4.90 Å². The Hall–Kier alpha value is -1.63. The number of carboxylic acid groups (broad SMARTS) is 1. The second-order valence-corrected chi connectivity index (χ2v) is 6.32. The van der Waals surface area contributed by atoms with E-state index < -0.39 is 12.0 Å². The Morgan fingerprint density at radius 3 is 2.76 bits per heavy atom. The zero-order valence-electron chi connectivity index (χ0n) is 12.4. The molecule has 0 saturated carbocycles. The summed E-state index contributed by atoms with van der Waals surface area (Å²) in [6.07, 6.45) is 0.730. The monoisotopic (exact) mass is 312 g/mol. The van der Waals surface area contributed by atoms with Gasteiger partial charge in [-0.1, -0.05) is 6.92 Å². The molecule has 0 aromatic carbocycles. The standard InChI is InChI=1S/C14H20N2O4S/c1-4-12-16(11(8-21-12)13(17)18)14(19)15(3)7-10-6-5-9(2)20-10/h5-6,11-12H,4,7-8H2,1-3H3,(H,17,18). The fourth-order valence-corrected chi connectivity index (χ4v) is 3.73. The summed E-state index contributed by atoms with van der Waals surface area (Å²) in [6.45, 7) is 4.13. The maximum atomic E-state index is 12.6. The number of carbonyl (C=O) groups is 2. The van der Waals surface area contributed by atoms with E-state index in [1.165, 1.54) is 21.6 Å². The lowest BCUT2D eigenvalue weighted by Gasteiger charge is -2.30. The smallest absolute Gasteiger partial charge is 0.327 e. The number of rotatable bonds is 4. The fraction of sp³-hybridized carbons (Fsp3) is 0.571. The van der Waals surface area contributed by atoms with Crippen LogP contribution in [0.15, 0.2) is 16.5 Å². The Morgan fingerprint density at radius 1 is 1.52 bits per heavy atom. The summed E-state index contributed by atoms with van der Waals surface area (Å²) in [5.41, 5.74) is 0. The largest absolute Gasteiger partial charge is 0.480 e. The Balaban J connectivity index is 2.10. The van der Waals surface area contributed by atoms with E-state index in [0.717, 1.165) is 12.2 Å². The summed E-state index contributed by atoms with van der Waals surface area (Å²) < 4.78 is 5.46. The minimum atomic E-state index is -0.950. The normalized spacial score (nSPS) is 21.6. The lowest BCUT2D eigenvalue weighted by Crippen LogP contribution is -2.50. The highest BCUT2D eigenvalue weighted by Gasteiger charge is 2.41. The molecule has 1 saturated heterocycles. The molecule has 1 N–H and O–H groups in total. The van der Waals surface area contributed by atoms with Crippen LogP contribution in [0.5, 0.6) is 0 Å². The van der Waals surface area contributed by atoms with Crippen molar-refractivity contribution >= 4 is 23.8 Å². The Labute approximate surface area is 128 Å². The Bertz CT molecular complexity index is 531. The van der Waals surface area contributed by atoms with Gasteiger partial charge in [-0.05, 0) is 25.5 Å². The molecule has 1 aromatic rings. The van der Waals surface area contributed by atoms with E-state index >= 15 is 0 Å².